The van der Waals surface area contributed by atoms with Crippen LogP contribution in [-0.2, 0) is 9.84 Å². The predicted molar refractivity (Wildman–Crippen MR) is 52.3 cm³/mol. The van der Waals surface area contributed by atoms with Gasteiger partial charge in [0.15, 0.2) is 0 Å². The minimum Gasteiger partial charge on any atom is -0.327 e. The lowest BCUT2D eigenvalue weighted by Crippen LogP contribution is -2.25. The molecule has 2 N–H and O–H groups in total. The molecule has 1 rings (SSSR count). The first-order valence-corrected chi connectivity index (χ1v) is 5.68. The van der Waals surface area contributed by atoms with Crippen LogP contribution in [0.5, 0.6) is 0 Å². The molecule has 0 spiro atoms. The van der Waals surface area contributed by atoms with E-state index in [4.69, 9.17) is 5.73 Å². The summed E-state index contributed by atoms with van der Waals surface area (Å²) in [4.78, 5) is 0.0120. The highest BCUT2D eigenvalue weighted by Crippen LogP contribution is 2.19. The van der Waals surface area contributed by atoms with Gasteiger partial charge in [-0.15, -0.1) is 0 Å². The zero-order chi connectivity index (χ0) is 10.8. The maximum atomic E-state index is 13.1. The molecule has 0 aliphatic carbocycles. The van der Waals surface area contributed by atoms with Crippen molar-refractivity contribution in [2.45, 2.75) is 17.3 Å². The Kier molecular flexibility index (Phi) is 3.23. The lowest BCUT2D eigenvalue weighted by molar-refractivity contribution is 0.425. The van der Waals surface area contributed by atoms with Gasteiger partial charge < -0.3 is 5.73 Å². The number of halogens is 1. The molecule has 0 aliphatic heterocycles. The van der Waals surface area contributed by atoms with E-state index in [0.29, 0.717) is 5.56 Å². The fourth-order valence-electron chi connectivity index (χ4n) is 1.14. The molecule has 0 saturated heterocycles. The third-order valence-corrected chi connectivity index (χ3v) is 3.86. The van der Waals surface area contributed by atoms with Gasteiger partial charge in [0.1, 0.15) is 0 Å². The Labute approximate surface area is 82.7 Å². The van der Waals surface area contributed by atoms with E-state index >= 15 is 0 Å². The third kappa shape index (κ3) is 1.93. The van der Waals surface area contributed by atoms with Gasteiger partial charge in [0.25, 0.3) is 0 Å². The molecule has 1 aromatic carbocycles. The van der Waals surface area contributed by atoms with Gasteiger partial charge in [-0.2, -0.15) is 0 Å². The van der Waals surface area contributed by atoms with Crippen molar-refractivity contribution in [3.8, 4) is 0 Å². The molecule has 1 atom stereocenters. The van der Waals surface area contributed by atoms with Crippen LogP contribution in [0.2, 0.25) is 0 Å². The lowest BCUT2D eigenvalue weighted by Gasteiger charge is -2.09. The lowest BCUT2D eigenvalue weighted by atomic mass is 10.2. The van der Waals surface area contributed by atoms with Crippen LogP contribution < -0.4 is 5.73 Å². The van der Waals surface area contributed by atoms with Crippen molar-refractivity contribution in [2.24, 2.45) is 5.73 Å². The van der Waals surface area contributed by atoms with Gasteiger partial charge in [0, 0.05) is 6.54 Å². The molecular weight excluding hydrogens is 205 g/mol. The number of hydrogen-bond donors (Lipinski definition) is 1. The van der Waals surface area contributed by atoms with E-state index in [9.17, 15) is 12.8 Å². The minimum atomic E-state index is -3.91. The highest BCUT2D eigenvalue weighted by atomic mass is 32.2. The van der Waals surface area contributed by atoms with E-state index in [-0.39, 0.29) is 4.90 Å². The Morgan fingerprint density at radius 3 is 2.50 bits per heavy atom. The summed E-state index contributed by atoms with van der Waals surface area (Å²) in [6, 6.07) is 6.26. The molecule has 0 heterocycles. The van der Waals surface area contributed by atoms with Gasteiger partial charge in [-0.25, -0.2) is 12.8 Å². The highest BCUT2D eigenvalue weighted by Gasteiger charge is 2.26. The van der Waals surface area contributed by atoms with Gasteiger partial charge in [-0.05, 0) is 18.6 Å². The number of rotatable bonds is 3. The van der Waals surface area contributed by atoms with Crippen molar-refractivity contribution < 1.29 is 12.8 Å². The number of hydrogen-bond acceptors (Lipinski definition) is 3. The second kappa shape index (κ2) is 4.06. The summed E-state index contributed by atoms with van der Waals surface area (Å²) in [5, 5.41) is 0. The second-order valence-electron chi connectivity index (χ2n) is 2.96. The quantitative estimate of drug-likeness (QED) is 0.822. The minimum absolute atomic E-state index is 0.0120. The SMILES string of the molecule is Cc1ccccc1S(=O)(=O)C(F)CN. The van der Waals surface area contributed by atoms with E-state index in [1.165, 1.54) is 6.07 Å². The fraction of sp³-hybridized carbons (Fsp3) is 0.333. The standard InChI is InChI=1S/C9H12FNO2S/c1-7-4-2-3-5-8(7)14(12,13)9(10)6-11/h2-5,9H,6,11H2,1H3. The number of aryl methyl sites for hydroxylation is 1. The molecule has 0 radical (unpaired) electrons. The summed E-state index contributed by atoms with van der Waals surface area (Å²) in [6.07, 6.45) is 0. The van der Waals surface area contributed by atoms with Crippen LogP contribution >= 0.6 is 0 Å². The molecule has 5 heteroatoms. The average Bonchev–Trinajstić information content (AvgIpc) is 2.17. The van der Waals surface area contributed by atoms with Crippen LogP contribution in [0.3, 0.4) is 0 Å². The summed E-state index contributed by atoms with van der Waals surface area (Å²) in [5.74, 6) is 0. The van der Waals surface area contributed by atoms with E-state index in [2.05, 4.69) is 0 Å². The Bertz CT molecular complexity index is 417. The summed E-state index contributed by atoms with van der Waals surface area (Å²) in [7, 11) is -3.91. The molecule has 0 fully saturated rings. The number of nitrogens with two attached hydrogens (primary N) is 1. The van der Waals surface area contributed by atoms with Crippen LogP contribution in [0.25, 0.3) is 0 Å². The molecule has 0 amide bonds. The molecule has 0 saturated carbocycles. The molecule has 0 aromatic heterocycles. The summed E-state index contributed by atoms with van der Waals surface area (Å²) in [5.41, 5.74) is 3.50. The second-order valence-corrected chi connectivity index (χ2v) is 5.00. The van der Waals surface area contributed by atoms with Crippen LogP contribution in [0.4, 0.5) is 4.39 Å². The first kappa shape index (κ1) is 11.1. The van der Waals surface area contributed by atoms with Crippen LogP contribution in [0, 0.1) is 6.92 Å². The Morgan fingerprint density at radius 1 is 1.43 bits per heavy atom. The highest BCUT2D eigenvalue weighted by molar-refractivity contribution is 7.92. The van der Waals surface area contributed by atoms with Gasteiger partial charge in [0.2, 0.25) is 15.3 Å². The Balaban J connectivity index is 3.24. The van der Waals surface area contributed by atoms with Gasteiger partial charge in [-0.3, -0.25) is 0 Å². The smallest absolute Gasteiger partial charge is 0.217 e. The van der Waals surface area contributed by atoms with Gasteiger partial charge >= 0.3 is 0 Å². The number of alkyl halides is 1. The topological polar surface area (TPSA) is 60.2 Å². The molecule has 1 aromatic rings. The predicted octanol–water partition coefficient (Wildman–Crippen LogP) is 1.02. The van der Waals surface area contributed by atoms with Gasteiger partial charge in [0.05, 0.1) is 4.90 Å². The normalized spacial score (nSPS) is 13.9. The summed E-state index contributed by atoms with van der Waals surface area (Å²) < 4.78 is 36.1. The van der Waals surface area contributed by atoms with Crippen LogP contribution in [-0.4, -0.2) is 20.5 Å². The zero-order valence-corrected chi connectivity index (χ0v) is 8.59. The van der Waals surface area contributed by atoms with Crippen molar-refractivity contribution in [2.75, 3.05) is 6.54 Å². The van der Waals surface area contributed by atoms with E-state index < -0.39 is 21.9 Å². The average molecular weight is 217 g/mol. The van der Waals surface area contributed by atoms with Gasteiger partial charge in [-0.1, -0.05) is 18.2 Å². The summed E-state index contributed by atoms with van der Waals surface area (Å²) in [6.45, 7) is 1.10. The number of benzene rings is 1. The van der Waals surface area contributed by atoms with E-state index in [1.54, 1.807) is 25.1 Å². The molecular formula is C9H12FNO2S. The maximum Gasteiger partial charge on any atom is 0.217 e. The van der Waals surface area contributed by atoms with Crippen molar-refractivity contribution in [1.29, 1.82) is 0 Å². The molecule has 78 valence electrons. The Morgan fingerprint density at radius 2 is 2.00 bits per heavy atom. The van der Waals surface area contributed by atoms with Crippen molar-refractivity contribution in [3.05, 3.63) is 29.8 Å². The monoisotopic (exact) mass is 217 g/mol. The first-order chi connectivity index (χ1) is 6.50. The van der Waals surface area contributed by atoms with E-state index in [0.717, 1.165) is 0 Å². The zero-order valence-electron chi connectivity index (χ0n) is 7.77. The first-order valence-electron chi connectivity index (χ1n) is 4.14. The van der Waals surface area contributed by atoms with Crippen molar-refractivity contribution >= 4 is 9.84 Å². The van der Waals surface area contributed by atoms with Crippen molar-refractivity contribution in [3.63, 3.8) is 0 Å². The van der Waals surface area contributed by atoms with Crippen LogP contribution in [0.1, 0.15) is 5.56 Å². The molecule has 1 unspecified atom stereocenters. The van der Waals surface area contributed by atoms with E-state index in [1.807, 2.05) is 0 Å². The maximum absolute atomic E-state index is 13.1. The molecule has 0 bridgehead atoms. The number of sulfone groups is 1. The molecule has 14 heavy (non-hydrogen) atoms. The third-order valence-electron chi connectivity index (χ3n) is 1.92. The fourth-order valence-corrected chi connectivity index (χ4v) is 2.45. The Hall–Kier alpha value is -0.940. The summed E-state index contributed by atoms with van der Waals surface area (Å²) >= 11 is 0. The molecule has 0 aliphatic rings. The largest absolute Gasteiger partial charge is 0.327 e. The molecule has 3 nitrogen and oxygen atoms in total. The van der Waals surface area contributed by atoms with Crippen molar-refractivity contribution in [1.82, 2.24) is 0 Å². The van der Waals surface area contributed by atoms with Crippen LogP contribution in [0.15, 0.2) is 29.2 Å².